The molecule has 7 nitrogen and oxygen atoms in total. The highest BCUT2D eigenvalue weighted by molar-refractivity contribution is 5.97. The summed E-state index contributed by atoms with van der Waals surface area (Å²) in [5.74, 6) is -1.05. The van der Waals surface area contributed by atoms with Crippen LogP contribution in [-0.2, 0) is 0 Å². The molecule has 1 saturated heterocycles. The monoisotopic (exact) mass is 424 g/mol. The van der Waals surface area contributed by atoms with Crippen LogP contribution in [0.2, 0.25) is 0 Å². The van der Waals surface area contributed by atoms with Crippen LogP contribution in [0.5, 0.6) is 11.5 Å². The molecule has 0 radical (unpaired) electrons. The summed E-state index contributed by atoms with van der Waals surface area (Å²) in [5, 5.41) is 20.6. The van der Waals surface area contributed by atoms with Crippen molar-refractivity contribution in [2.45, 2.75) is 25.1 Å². The van der Waals surface area contributed by atoms with E-state index in [0.717, 1.165) is 6.07 Å². The van der Waals surface area contributed by atoms with E-state index in [1.54, 1.807) is 30.3 Å². The molecule has 10 heteroatoms. The molecule has 1 N–H and O–H groups in total. The number of nitrogens with zero attached hydrogens (tertiary/aromatic N) is 2. The highest BCUT2D eigenvalue weighted by atomic mass is 19.4. The Hall–Kier alpha value is -3.14. The van der Waals surface area contributed by atoms with E-state index in [1.165, 1.54) is 17.0 Å². The molecule has 160 valence electrons. The molecule has 3 rings (SSSR count). The lowest BCUT2D eigenvalue weighted by molar-refractivity contribution is -0.384. The fraction of sp³-hybridized carbons (Fsp3) is 0.350. The summed E-state index contributed by atoms with van der Waals surface area (Å²) in [7, 11) is 0. The number of carbonyl (C=O) groups excluding carboxylic acids is 1. The number of aliphatic hydroxyl groups excluding tert-OH is 1. The number of para-hydroxylation sites is 1. The zero-order chi connectivity index (χ0) is 21.9. The maximum atomic E-state index is 13.0. The predicted molar refractivity (Wildman–Crippen MR) is 100 cm³/mol. The van der Waals surface area contributed by atoms with Gasteiger partial charge in [0.05, 0.1) is 10.5 Å². The number of nitro groups is 1. The van der Waals surface area contributed by atoms with Crippen molar-refractivity contribution in [3.8, 4) is 11.5 Å². The van der Waals surface area contributed by atoms with Gasteiger partial charge in [0.2, 0.25) is 0 Å². The van der Waals surface area contributed by atoms with Gasteiger partial charge in [0.25, 0.3) is 11.6 Å². The zero-order valence-electron chi connectivity index (χ0n) is 15.7. The van der Waals surface area contributed by atoms with Crippen molar-refractivity contribution in [3.05, 3.63) is 64.2 Å². The molecule has 2 aromatic rings. The van der Waals surface area contributed by atoms with E-state index >= 15 is 0 Å². The van der Waals surface area contributed by atoms with Crippen LogP contribution in [-0.4, -0.2) is 46.2 Å². The number of ether oxygens (including phenoxy) is 1. The van der Waals surface area contributed by atoms with Crippen LogP contribution >= 0.6 is 0 Å². The number of halogens is 3. The van der Waals surface area contributed by atoms with Gasteiger partial charge in [0, 0.05) is 25.2 Å². The zero-order valence-corrected chi connectivity index (χ0v) is 15.7. The number of carbonyl (C=O) groups is 1. The SMILES string of the molecule is O=C(c1cc([N+](=O)[O-])ccc1Oc1ccccc1)N1CCC([C@@H](O)C(F)(F)F)CC1. The van der Waals surface area contributed by atoms with Gasteiger partial charge in [0.1, 0.15) is 11.5 Å². The Bertz CT molecular complexity index is 912. The van der Waals surface area contributed by atoms with Gasteiger partial charge in [-0.25, -0.2) is 0 Å². The molecule has 1 aliphatic rings. The third-order valence-corrected chi connectivity index (χ3v) is 4.98. The molecule has 0 unspecified atom stereocenters. The van der Waals surface area contributed by atoms with Crippen LogP contribution < -0.4 is 4.74 Å². The van der Waals surface area contributed by atoms with Gasteiger partial charge in [-0.3, -0.25) is 14.9 Å². The number of nitro benzene ring substituents is 1. The van der Waals surface area contributed by atoms with Gasteiger partial charge in [-0.1, -0.05) is 18.2 Å². The van der Waals surface area contributed by atoms with Gasteiger partial charge in [-0.15, -0.1) is 0 Å². The Morgan fingerprint density at radius 2 is 1.80 bits per heavy atom. The van der Waals surface area contributed by atoms with E-state index in [0.29, 0.717) is 5.75 Å². The average Bonchev–Trinajstić information content (AvgIpc) is 2.73. The Balaban J connectivity index is 1.80. The minimum atomic E-state index is -4.71. The lowest BCUT2D eigenvalue weighted by Gasteiger charge is -2.35. The van der Waals surface area contributed by atoms with Crippen LogP contribution in [0.15, 0.2) is 48.5 Å². The van der Waals surface area contributed by atoms with Gasteiger partial charge < -0.3 is 14.7 Å². The first kappa shape index (κ1) is 21.6. The van der Waals surface area contributed by atoms with Crippen LogP contribution in [0.25, 0.3) is 0 Å². The molecule has 0 bridgehead atoms. The van der Waals surface area contributed by atoms with Crippen molar-refractivity contribution >= 4 is 11.6 Å². The molecule has 30 heavy (non-hydrogen) atoms. The molecular weight excluding hydrogens is 405 g/mol. The number of aliphatic hydroxyl groups is 1. The number of alkyl halides is 3. The van der Waals surface area contributed by atoms with Crippen molar-refractivity contribution in [1.29, 1.82) is 0 Å². The first-order valence-electron chi connectivity index (χ1n) is 9.22. The minimum absolute atomic E-state index is 0.00981. The molecule has 1 fully saturated rings. The summed E-state index contributed by atoms with van der Waals surface area (Å²) in [6.07, 6.45) is -7.22. The summed E-state index contributed by atoms with van der Waals surface area (Å²) < 4.78 is 43.9. The molecule has 2 aromatic carbocycles. The molecule has 0 spiro atoms. The van der Waals surface area contributed by atoms with Gasteiger partial charge in [-0.05, 0) is 37.0 Å². The number of benzene rings is 2. The van der Waals surface area contributed by atoms with Crippen molar-refractivity contribution < 1.29 is 32.7 Å². The standard InChI is InChI=1S/C20H19F3N2O5/c21-20(22,23)18(26)13-8-10-24(11-9-13)19(27)16-12-14(25(28)29)6-7-17(16)30-15-4-2-1-3-5-15/h1-7,12-13,18,26H,8-11H2/t18-/m1/s1. The molecule has 1 heterocycles. The van der Waals surface area contributed by atoms with Crippen molar-refractivity contribution in [1.82, 2.24) is 4.90 Å². The lowest BCUT2D eigenvalue weighted by atomic mass is 9.90. The van der Waals surface area contributed by atoms with E-state index in [9.17, 15) is 33.2 Å². The molecule has 0 aliphatic carbocycles. The summed E-state index contributed by atoms with van der Waals surface area (Å²) in [6, 6.07) is 12.1. The van der Waals surface area contributed by atoms with Crippen LogP contribution in [0.1, 0.15) is 23.2 Å². The van der Waals surface area contributed by atoms with E-state index < -0.39 is 29.0 Å². The summed E-state index contributed by atoms with van der Waals surface area (Å²) >= 11 is 0. The number of hydrogen-bond donors (Lipinski definition) is 1. The van der Waals surface area contributed by atoms with Crippen molar-refractivity contribution in [2.75, 3.05) is 13.1 Å². The maximum Gasteiger partial charge on any atom is 0.414 e. The quantitative estimate of drug-likeness (QED) is 0.575. The van der Waals surface area contributed by atoms with Crippen LogP contribution in [0.4, 0.5) is 18.9 Å². The molecule has 0 aromatic heterocycles. The van der Waals surface area contributed by atoms with Crippen LogP contribution in [0, 0.1) is 16.0 Å². The van der Waals surface area contributed by atoms with E-state index in [4.69, 9.17) is 4.74 Å². The third kappa shape index (κ3) is 4.88. The average molecular weight is 424 g/mol. The summed E-state index contributed by atoms with van der Waals surface area (Å²) in [5.41, 5.74) is -0.357. The second kappa shape index (κ2) is 8.70. The number of amides is 1. The highest BCUT2D eigenvalue weighted by Gasteiger charge is 2.44. The lowest BCUT2D eigenvalue weighted by Crippen LogP contribution is -2.45. The largest absolute Gasteiger partial charge is 0.457 e. The van der Waals surface area contributed by atoms with E-state index in [2.05, 4.69) is 0 Å². The number of rotatable bonds is 5. The fourth-order valence-corrected chi connectivity index (χ4v) is 3.36. The van der Waals surface area contributed by atoms with Gasteiger partial charge in [0.15, 0.2) is 6.10 Å². The van der Waals surface area contributed by atoms with E-state index in [-0.39, 0.29) is 42.9 Å². The van der Waals surface area contributed by atoms with Gasteiger partial charge in [-0.2, -0.15) is 13.2 Å². The molecular formula is C20H19F3N2O5. The number of hydrogen-bond acceptors (Lipinski definition) is 5. The summed E-state index contributed by atoms with van der Waals surface area (Å²) in [4.78, 5) is 24.8. The fourth-order valence-electron chi connectivity index (χ4n) is 3.36. The predicted octanol–water partition coefficient (Wildman–Crippen LogP) is 4.16. The highest BCUT2D eigenvalue weighted by Crippen LogP contribution is 2.34. The molecule has 1 amide bonds. The van der Waals surface area contributed by atoms with Gasteiger partial charge >= 0.3 is 6.18 Å². The topological polar surface area (TPSA) is 92.9 Å². The number of likely N-dealkylation sites (tertiary alicyclic amines) is 1. The third-order valence-electron chi connectivity index (χ3n) is 4.98. The minimum Gasteiger partial charge on any atom is -0.457 e. The molecule has 1 aliphatic heterocycles. The van der Waals surface area contributed by atoms with Crippen molar-refractivity contribution in [2.24, 2.45) is 5.92 Å². The van der Waals surface area contributed by atoms with Crippen molar-refractivity contribution in [3.63, 3.8) is 0 Å². The first-order valence-corrected chi connectivity index (χ1v) is 9.22. The second-order valence-electron chi connectivity index (χ2n) is 6.97. The molecule has 1 atom stereocenters. The Labute approximate surface area is 169 Å². The Morgan fingerprint density at radius 3 is 2.37 bits per heavy atom. The van der Waals surface area contributed by atoms with E-state index in [1.807, 2.05) is 0 Å². The number of non-ortho nitro benzene ring substituents is 1. The maximum absolute atomic E-state index is 13.0. The second-order valence-corrected chi connectivity index (χ2v) is 6.97. The Kier molecular flexibility index (Phi) is 6.25. The molecule has 0 saturated carbocycles. The summed E-state index contributed by atoms with van der Waals surface area (Å²) in [6.45, 7) is -0.0196. The Morgan fingerprint density at radius 1 is 1.17 bits per heavy atom. The normalized spacial score (nSPS) is 16.2. The smallest absolute Gasteiger partial charge is 0.414 e. The van der Waals surface area contributed by atoms with Crippen LogP contribution in [0.3, 0.4) is 0 Å². The number of piperidine rings is 1. The first-order chi connectivity index (χ1) is 14.2.